The van der Waals surface area contributed by atoms with Crippen LogP contribution in [-0.2, 0) is 0 Å². The van der Waals surface area contributed by atoms with Crippen molar-refractivity contribution in [3.05, 3.63) is 47.5 Å². The molecule has 2 aromatic carbocycles. The maximum absolute atomic E-state index is 9.48. The van der Waals surface area contributed by atoms with Crippen LogP contribution in [0.15, 0.2) is 36.4 Å². The van der Waals surface area contributed by atoms with Crippen molar-refractivity contribution in [3.63, 3.8) is 0 Å². The molecule has 100 valence electrons. The summed E-state index contributed by atoms with van der Waals surface area (Å²) in [6.07, 6.45) is 0. The number of aryl methyl sites for hydroxylation is 1. The Morgan fingerprint density at radius 3 is 2.11 bits per heavy atom. The van der Waals surface area contributed by atoms with Crippen LogP contribution >= 0.6 is 0 Å². The molecular formula is C15H17NO3. The zero-order chi connectivity index (χ0) is 14.0. The summed E-state index contributed by atoms with van der Waals surface area (Å²) in [6.45, 7) is 3.83. The Morgan fingerprint density at radius 1 is 0.895 bits per heavy atom. The summed E-state index contributed by atoms with van der Waals surface area (Å²) in [6, 6.07) is 9.50. The molecule has 2 aromatic rings. The molecular weight excluding hydrogens is 242 g/mol. The molecule has 0 bridgehead atoms. The van der Waals surface area contributed by atoms with Gasteiger partial charge in [0.25, 0.3) is 0 Å². The number of nitrogens with one attached hydrogen (secondary N) is 1. The van der Waals surface area contributed by atoms with Crippen molar-refractivity contribution in [3.8, 4) is 17.2 Å². The van der Waals surface area contributed by atoms with Crippen molar-refractivity contribution in [2.24, 2.45) is 0 Å². The third kappa shape index (κ3) is 3.10. The van der Waals surface area contributed by atoms with Crippen LogP contribution in [0, 0.1) is 6.92 Å². The fourth-order valence-electron chi connectivity index (χ4n) is 1.99. The van der Waals surface area contributed by atoms with Crippen molar-refractivity contribution >= 4 is 5.69 Å². The molecule has 1 atom stereocenters. The summed E-state index contributed by atoms with van der Waals surface area (Å²) < 4.78 is 0. The Hall–Kier alpha value is -2.36. The van der Waals surface area contributed by atoms with Gasteiger partial charge in [-0.3, -0.25) is 0 Å². The summed E-state index contributed by atoms with van der Waals surface area (Å²) >= 11 is 0. The van der Waals surface area contributed by atoms with E-state index in [0.29, 0.717) is 0 Å². The smallest absolute Gasteiger partial charge is 0.119 e. The van der Waals surface area contributed by atoms with Crippen LogP contribution in [0.5, 0.6) is 17.2 Å². The van der Waals surface area contributed by atoms with Crippen LogP contribution in [0.3, 0.4) is 0 Å². The van der Waals surface area contributed by atoms with Crippen LogP contribution < -0.4 is 5.32 Å². The van der Waals surface area contributed by atoms with Crippen LogP contribution in [0.4, 0.5) is 5.69 Å². The van der Waals surface area contributed by atoms with E-state index in [9.17, 15) is 15.3 Å². The average Bonchev–Trinajstić information content (AvgIpc) is 2.31. The van der Waals surface area contributed by atoms with Crippen LogP contribution in [-0.4, -0.2) is 15.3 Å². The third-order valence-corrected chi connectivity index (χ3v) is 3.01. The quantitative estimate of drug-likeness (QED) is 0.638. The molecule has 4 N–H and O–H groups in total. The molecule has 0 aliphatic rings. The van der Waals surface area contributed by atoms with Gasteiger partial charge in [0.2, 0.25) is 0 Å². The Labute approximate surface area is 112 Å². The van der Waals surface area contributed by atoms with Crippen molar-refractivity contribution in [2.75, 3.05) is 5.32 Å². The highest BCUT2D eigenvalue weighted by atomic mass is 16.3. The number of phenols is 3. The molecule has 0 fully saturated rings. The fourth-order valence-corrected chi connectivity index (χ4v) is 1.99. The van der Waals surface area contributed by atoms with Crippen LogP contribution in [0.1, 0.15) is 24.1 Å². The second kappa shape index (κ2) is 5.10. The molecule has 0 saturated carbocycles. The summed E-state index contributed by atoms with van der Waals surface area (Å²) in [5.41, 5.74) is 2.61. The van der Waals surface area contributed by atoms with Gasteiger partial charge in [-0.05, 0) is 55.3 Å². The molecule has 0 aliphatic heterocycles. The first kappa shape index (κ1) is 13.1. The standard InChI is InChI=1S/C15H17NO3/c1-9-5-12(17)3-4-15(9)16-10(2)11-6-13(18)8-14(19)7-11/h3-8,10,16-19H,1-2H3. The number of aromatic hydroxyl groups is 3. The van der Waals surface area contributed by atoms with E-state index in [0.717, 1.165) is 16.8 Å². The second-order valence-electron chi connectivity index (χ2n) is 4.65. The molecule has 1 unspecified atom stereocenters. The number of benzene rings is 2. The second-order valence-corrected chi connectivity index (χ2v) is 4.65. The Kier molecular flexibility index (Phi) is 3.51. The molecule has 19 heavy (non-hydrogen) atoms. The summed E-state index contributed by atoms with van der Waals surface area (Å²) in [4.78, 5) is 0. The minimum absolute atomic E-state index is 0.0334. The van der Waals surface area contributed by atoms with E-state index >= 15 is 0 Å². The molecule has 0 heterocycles. The maximum atomic E-state index is 9.48. The van der Waals surface area contributed by atoms with E-state index in [2.05, 4.69) is 5.32 Å². The zero-order valence-electron chi connectivity index (χ0n) is 10.9. The van der Waals surface area contributed by atoms with E-state index in [4.69, 9.17) is 0 Å². The van der Waals surface area contributed by atoms with Gasteiger partial charge in [0.15, 0.2) is 0 Å². The predicted octanol–water partition coefficient (Wildman–Crippen LogP) is 3.28. The first-order chi connectivity index (χ1) is 8.95. The van der Waals surface area contributed by atoms with E-state index in [1.165, 1.54) is 6.07 Å². The van der Waals surface area contributed by atoms with E-state index < -0.39 is 0 Å². The number of phenolic OH excluding ortho intramolecular Hbond substituents is 3. The van der Waals surface area contributed by atoms with Gasteiger partial charge in [-0.2, -0.15) is 0 Å². The lowest BCUT2D eigenvalue weighted by atomic mass is 10.1. The minimum Gasteiger partial charge on any atom is -0.508 e. The summed E-state index contributed by atoms with van der Waals surface area (Å²) in [5.74, 6) is 0.294. The predicted molar refractivity (Wildman–Crippen MR) is 74.7 cm³/mol. The first-order valence-corrected chi connectivity index (χ1v) is 6.05. The SMILES string of the molecule is Cc1cc(O)ccc1NC(C)c1cc(O)cc(O)c1. The van der Waals surface area contributed by atoms with Crippen molar-refractivity contribution in [2.45, 2.75) is 19.9 Å². The highest BCUT2D eigenvalue weighted by Crippen LogP contribution is 2.28. The molecule has 2 rings (SSSR count). The molecule has 4 heteroatoms. The fraction of sp³-hybridized carbons (Fsp3) is 0.200. The van der Waals surface area contributed by atoms with Gasteiger partial charge in [-0.1, -0.05) is 0 Å². The maximum Gasteiger partial charge on any atom is 0.119 e. The van der Waals surface area contributed by atoms with Crippen LogP contribution in [0.25, 0.3) is 0 Å². The van der Waals surface area contributed by atoms with Gasteiger partial charge in [0.1, 0.15) is 17.2 Å². The van der Waals surface area contributed by atoms with Crippen molar-refractivity contribution in [1.29, 1.82) is 0 Å². The largest absolute Gasteiger partial charge is 0.508 e. The zero-order valence-corrected chi connectivity index (χ0v) is 10.9. The average molecular weight is 259 g/mol. The highest BCUT2D eigenvalue weighted by Gasteiger charge is 2.09. The lowest BCUT2D eigenvalue weighted by Gasteiger charge is -2.18. The summed E-state index contributed by atoms with van der Waals surface area (Å²) in [5, 5.41) is 31.6. The molecule has 4 nitrogen and oxygen atoms in total. The minimum atomic E-state index is -0.0822. The number of anilines is 1. The van der Waals surface area contributed by atoms with Gasteiger partial charge in [-0.25, -0.2) is 0 Å². The van der Waals surface area contributed by atoms with E-state index in [-0.39, 0.29) is 23.3 Å². The number of rotatable bonds is 3. The monoisotopic (exact) mass is 259 g/mol. The van der Waals surface area contributed by atoms with Gasteiger partial charge >= 0.3 is 0 Å². The lowest BCUT2D eigenvalue weighted by molar-refractivity contribution is 0.448. The van der Waals surface area contributed by atoms with Gasteiger partial charge in [0, 0.05) is 17.8 Å². The van der Waals surface area contributed by atoms with Gasteiger partial charge in [-0.15, -0.1) is 0 Å². The van der Waals surface area contributed by atoms with Gasteiger partial charge in [0.05, 0.1) is 0 Å². The van der Waals surface area contributed by atoms with E-state index in [1.807, 2.05) is 13.8 Å². The highest BCUT2D eigenvalue weighted by molar-refractivity contribution is 5.55. The molecule has 0 radical (unpaired) electrons. The lowest BCUT2D eigenvalue weighted by Crippen LogP contribution is -2.07. The van der Waals surface area contributed by atoms with E-state index in [1.54, 1.807) is 30.3 Å². The van der Waals surface area contributed by atoms with Crippen molar-refractivity contribution in [1.82, 2.24) is 0 Å². The van der Waals surface area contributed by atoms with Gasteiger partial charge < -0.3 is 20.6 Å². The molecule has 0 aliphatic carbocycles. The Morgan fingerprint density at radius 2 is 1.53 bits per heavy atom. The topological polar surface area (TPSA) is 72.7 Å². The molecule has 0 saturated heterocycles. The molecule has 0 spiro atoms. The van der Waals surface area contributed by atoms with Crippen LogP contribution in [0.2, 0.25) is 0 Å². The number of hydrogen-bond acceptors (Lipinski definition) is 4. The third-order valence-electron chi connectivity index (χ3n) is 3.01. The van der Waals surface area contributed by atoms with Crippen molar-refractivity contribution < 1.29 is 15.3 Å². The molecule has 0 amide bonds. The summed E-state index contributed by atoms with van der Waals surface area (Å²) in [7, 11) is 0. The first-order valence-electron chi connectivity index (χ1n) is 6.05. The molecule has 0 aromatic heterocycles. The number of hydrogen-bond donors (Lipinski definition) is 4. The Bertz CT molecular complexity index is 576. The normalized spacial score (nSPS) is 12.1. The Balaban J connectivity index is 2.22.